The van der Waals surface area contributed by atoms with Crippen molar-refractivity contribution in [3.8, 4) is 10.4 Å². The van der Waals surface area contributed by atoms with Crippen molar-refractivity contribution in [1.82, 2.24) is 4.98 Å². The topological polar surface area (TPSA) is 50.2 Å². The molecule has 1 N–H and O–H groups in total. The quantitative estimate of drug-likeness (QED) is 0.898. The number of carboxylic acid groups (broad SMARTS) is 1. The molecule has 1 aromatic carbocycles. The molecule has 0 unspecified atom stereocenters. The fourth-order valence-electron chi connectivity index (χ4n) is 1.26. The van der Waals surface area contributed by atoms with E-state index in [0.717, 1.165) is 11.3 Å². The van der Waals surface area contributed by atoms with Crippen LogP contribution in [0.3, 0.4) is 0 Å². The lowest BCUT2D eigenvalue weighted by Gasteiger charge is -2.01. The Kier molecular flexibility index (Phi) is 2.89. The number of rotatable bonds is 2. The molecule has 1 heterocycles. The molecule has 6 heteroatoms. The van der Waals surface area contributed by atoms with Crippen molar-refractivity contribution < 1.29 is 14.3 Å². The van der Waals surface area contributed by atoms with Crippen molar-refractivity contribution in [3.05, 3.63) is 40.2 Å². The normalized spacial score (nSPS) is 10.4. The van der Waals surface area contributed by atoms with E-state index in [-0.39, 0.29) is 16.1 Å². The summed E-state index contributed by atoms with van der Waals surface area (Å²) in [7, 11) is 0. The maximum Gasteiger partial charge on any atom is 0.356 e. The monoisotopic (exact) mass is 257 g/mol. The first-order valence-corrected chi connectivity index (χ1v) is 5.47. The van der Waals surface area contributed by atoms with E-state index < -0.39 is 11.8 Å². The Balaban J connectivity index is 2.62. The van der Waals surface area contributed by atoms with Gasteiger partial charge in [0.25, 0.3) is 0 Å². The number of hydrogen-bond donors (Lipinski definition) is 1. The van der Waals surface area contributed by atoms with Crippen molar-refractivity contribution in [2.75, 3.05) is 0 Å². The highest BCUT2D eigenvalue weighted by Gasteiger charge is 2.18. The third-order valence-electron chi connectivity index (χ3n) is 1.94. The molecule has 0 radical (unpaired) electrons. The minimum Gasteiger partial charge on any atom is -0.476 e. The highest BCUT2D eigenvalue weighted by Crippen LogP contribution is 2.31. The number of thiazole rings is 1. The van der Waals surface area contributed by atoms with Crippen LogP contribution in [-0.4, -0.2) is 16.1 Å². The SMILES string of the molecule is O=C(O)c1ncsc1-c1cc(Cl)ccc1F. The van der Waals surface area contributed by atoms with E-state index in [0.29, 0.717) is 5.02 Å². The maximum absolute atomic E-state index is 13.5. The fraction of sp³-hybridized carbons (Fsp3) is 0. The Bertz CT molecular complexity index is 556. The van der Waals surface area contributed by atoms with Crippen LogP contribution in [0.25, 0.3) is 10.4 Å². The minimum atomic E-state index is -1.18. The predicted molar refractivity (Wildman–Crippen MR) is 59.5 cm³/mol. The van der Waals surface area contributed by atoms with Gasteiger partial charge in [-0.05, 0) is 18.2 Å². The molecule has 3 nitrogen and oxygen atoms in total. The van der Waals surface area contributed by atoms with Crippen LogP contribution >= 0.6 is 22.9 Å². The first-order valence-electron chi connectivity index (χ1n) is 4.22. The van der Waals surface area contributed by atoms with Crippen molar-refractivity contribution >= 4 is 28.9 Å². The number of hydrogen-bond acceptors (Lipinski definition) is 3. The Hall–Kier alpha value is -1.46. The van der Waals surface area contributed by atoms with Crippen LogP contribution in [0.2, 0.25) is 5.02 Å². The molecular formula is C10H5ClFNO2S. The first kappa shape index (κ1) is 11.0. The lowest BCUT2D eigenvalue weighted by Crippen LogP contribution is -1.99. The van der Waals surface area contributed by atoms with Crippen LogP contribution in [0.4, 0.5) is 4.39 Å². The van der Waals surface area contributed by atoms with E-state index in [2.05, 4.69) is 4.98 Å². The third kappa shape index (κ3) is 1.91. The molecule has 0 aliphatic carbocycles. The van der Waals surface area contributed by atoms with E-state index in [1.165, 1.54) is 23.7 Å². The van der Waals surface area contributed by atoms with Gasteiger partial charge in [0.1, 0.15) is 5.82 Å². The lowest BCUT2D eigenvalue weighted by atomic mass is 10.1. The molecule has 2 rings (SSSR count). The molecule has 1 aromatic heterocycles. The van der Waals surface area contributed by atoms with Gasteiger partial charge in [-0.1, -0.05) is 11.6 Å². The standard InChI is InChI=1S/C10H5ClFNO2S/c11-5-1-2-7(12)6(3-5)9-8(10(14)15)13-4-16-9/h1-4H,(H,14,15). The molecule has 0 saturated carbocycles. The number of carboxylic acids is 1. The summed E-state index contributed by atoms with van der Waals surface area (Å²) in [6.07, 6.45) is 0. The van der Waals surface area contributed by atoms with E-state index in [9.17, 15) is 9.18 Å². The van der Waals surface area contributed by atoms with Gasteiger partial charge in [-0.15, -0.1) is 11.3 Å². The molecule has 16 heavy (non-hydrogen) atoms. The molecule has 0 spiro atoms. The average molecular weight is 258 g/mol. The van der Waals surface area contributed by atoms with Gasteiger partial charge in [0.15, 0.2) is 5.69 Å². The average Bonchev–Trinajstić information content (AvgIpc) is 2.70. The molecule has 0 fully saturated rings. The number of halogens is 2. The van der Waals surface area contributed by atoms with E-state index in [4.69, 9.17) is 16.7 Å². The van der Waals surface area contributed by atoms with E-state index >= 15 is 0 Å². The summed E-state index contributed by atoms with van der Waals surface area (Å²) in [4.78, 5) is 14.8. The zero-order valence-corrected chi connectivity index (χ0v) is 9.35. The van der Waals surface area contributed by atoms with Crippen molar-refractivity contribution in [2.24, 2.45) is 0 Å². The summed E-state index contributed by atoms with van der Waals surface area (Å²) >= 11 is 6.80. The van der Waals surface area contributed by atoms with E-state index in [1.807, 2.05) is 0 Å². The van der Waals surface area contributed by atoms with Crippen molar-refractivity contribution in [2.45, 2.75) is 0 Å². The van der Waals surface area contributed by atoms with Crippen LogP contribution in [0.1, 0.15) is 10.5 Å². The maximum atomic E-state index is 13.5. The number of benzene rings is 1. The Labute approximate surface area is 99.1 Å². The van der Waals surface area contributed by atoms with Gasteiger partial charge in [0, 0.05) is 10.6 Å². The van der Waals surface area contributed by atoms with Crippen LogP contribution in [-0.2, 0) is 0 Å². The van der Waals surface area contributed by atoms with Gasteiger partial charge < -0.3 is 5.11 Å². The number of aromatic carboxylic acids is 1. The smallest absolute Gasteiger partial charge is 0.356 e. The van der Waals surface area contributed by atoms with Crippen LogP contribution in [0, 0.1) is 5.82 Å². The summed E-state index contributed by atoms with van der Waals surface area (Å²) in [6.45, 7) is 0. The zero-order valence-electron chi connectivity index (χ0n) is 7.78. The molecule has 0 saturated heterocycles. The Morgan fingerprint density at radius 3 is 2.94 bits per heavy atom. The van der Waals surface area contributed by atoms with Gasteiger partial charge in [-0.3, -0.25) is 0 Å². The van der Waals surface area contributed by atoms with Gasteiger partial charge in [0.2, 0.25) is 0 Å². The van der Waals surface area contributed by atoms with Crippen molar-refractivity contribution in [1.29, 1.82) is 0 Å². The van der Waals surface area contributed by atoms with Crippen LogP contribution < -0.4 is 0 Å². The van der Waals surface area contributed by atoms with Crippen LogP contribution in [0.5, 0.6) is 0 Å². The third-order valence-corrected chi connectivity index (χ3v) is 3.04. The Morgan fingerprint density at radius 2 is 2.25 bits per heavy atom. The first-order chi connectivity index (χ1) is 7.59. The molecule has 2 aromatic rings. The zero-order chi connectivity index (χ0) is 11.7. The molecule has 0 atom stereocenters. The molecule has 0 aliphatic rings. The number of aromatic nitrogens is 1. The van der Waals surface area contributed by atoms with Crippen LogP contribution in [0.15, 0.2) is 23.7 Å². The summed E-state index contributed by atoms with van der Waals surface area (Å²) in [5, 5.41) is 9.21. The summed E-state index contributed by atoms with van der Waals surface area (Å²) in [5.74, 6) is -1.70. The molecule has 0 aliphatic heterocycles. The summed E-state index contributed by atoms with van der Waals surface area (Å²) in [5.41, 5.74) is 1.36. The second-order valence-electron chi connectivity index (χ2n) is 2.96. The van der Waals surface area contributed by atoms with Crippen molar-refractivity contribution in [3.63, 3.8) is 0 Å². The second kappa shape index (κ2) is 4.19. The van der Waals surface area contributed by atoms with Gasteiger partial charge in [0.05, 0.1) is 10.4 Å². The lowest BCUT2D eigenvalue weighted by molar-refractivity contribution is 0.0692. The highest BCUT2D eigenvalue weighted by atomic mass is 35.5. The second-order valence-corrected chi connectivity index (χ2v) is 4.25. The van der Waals surface area contributed by atoms with Gasteiger partial charge >= 0.3 is 5.97 Å². The predicted octanol–water partition coefficient (Wildman–Crippen LogP) is 3.30. The number of nitrogens with zero attached hydrogens (tertiary/aromatic N) is 1. The largest absolute Gasteiger partial charge is 0.476 e. The minimum absolute atomic E-state index is 0.160. The number of carbonyl (C=O) groups is 1. The molecule has 0 bridgehead atoms. The molecule has 0 amide bonds. The molecular weight excluding hydrogens is 253 g/mol. The van der Waals surface area contributed by atoms with E-state index in [1.54, 1.807) is 0 Å². The fourth-order valence-corrected chi connectivity index (χ4v) is 2.23. The van der Waals surface area contributed by atoms with Gasteiger partial charge in [-0.25, -0.2) is 14.2 Å². The molecule has 82 valence electrons. The Morgan fingerprint density at radius 1 is 1.50 bits per heavy atom. The highest BCUT2D eigenvalue weighted by molar-refractivity contribution is 7.13. The van der Waals surface area contributed by atoms with Gasteiger partial charge in [-0.2, -0.15) is 0 Å². The summed E-state index contributed by atoms with van der Waals surface area (Å²) < 4.78 is 13.5. The summed E-state index contributed by atoms with van der Waals surface area (Å²) in [6, 6.07) is 3.99.